The monoisotopic (exact) mass is 274 g/mol. The predicted octanol–water partition coefficient (Wildman–Crippen LogP) is 2.30. The Kier molecular flexibility index (Phi) is 3.17. The highest BCUT2D eigenvalue weighted by Gasteiger charge is 2.40. The van der Waals surface area contributed by atoms with E-state index in [1.807, 2.05) is 0 Å². The molecule has 0 atom stereocenters. The number of anilines is 1. The van der Waals surface area contributed by atoms with Gasteiger partial charge in [0, 0.05) is 0 Å². The van der Waals surface area contributed by atoms with E-state index in [1.165, 1.54) is 23.1 Å². The van der Waals surface area contributed by atoms with Crippen molar-refractivity contribution >= 4 is 11.7 Å². The number of hydrogen-bond acceptors (Lipinski definition) is 2. The number of urea groups is 1. The van der Waals surface area contributed by atoms with Gasteiger partial charge in [-0.05, 0) is 19.1 Å². The summed E-state index contributed by atoms with van der Waals surface area (Å²) in [6.45, 7) is 1.76. The van der Waals surface area contributed by atoms with E-state index in [0.29, 0.717) is 0 Å². The second-order valence-corrected chi connectivity index (χ2v) is 4.83. The maximum absolute atomic E-state index is 12.7. The van der Waals surface area contributed by atoms with Gasteiger partial charge in [-0.25, -0.2) is 4.79 Å². The minimum atomic E-state index is -4.52. The van der Waals surface area contributed by atoms with Crippen LogP contribution in [0.1, 0.15) is 12.5 Å². The zero-order valence-corrected chi connectivity index (χ0v) is 10.2. The van der Waals surface area contributed by atoms with Crippen LogP contribution in [0.5, 0.6) is 0 Å². The molecular formula is C12H13F3N2O2. The molecule has 1 saturated heterocycles. The number of carbonyl (C=O) groups is 1. The predicted molar refractivity (Wildman–Crippen MR) is 62.7 cm³/mol. The first-order valence-corrected chi connectivity index (χ1v) is 5.64. The molecule has 19 heavy (non-hydrogen) atoms. The topological polar surface area (TPSA) is 52.6 Å². The number of rotatable bonds is 1. The van der Waals surface area contributed by atoms with Crippen LogP contribution in [0.4, 0.5) is 23.7 Å². The summed E-state index contributed by atoms with van der Waals surface area (Å²) in [7, 11) is 0. The lowest BCUT2D eigenvalue weighted by Gasteiger charge is -2.43. The number of likely N-dealkylation sites (tertiary alicyclic amines) is 1. The maximum atomic E-state index is 12.7. The van der Waals surface area contributed by atoms with Gasteiger partial charge in [0.1, 0.15) is 0 Å². The summed E-state index contributed by atoms with van der Waals surface area (Å²) >= 11 is 0. The number of alkyl halides is 3. The molecule has 0 aliphatic carbocycles. The van der Waals surface area contributed by atoms with Gasteiger partial charge < -0.3 is 15.3 Å². The molecule has 0 aromatic heterocycles. The molecule has 1 aromatic rings. The third-order valence-electron chi connectivity index (χ3n) is 2.82. The second kappa shape index (κ2) is 4.41. The molecule has 1 heterocycles. The molecule has 0 bridgehead atoms. The van der Waals surface area contributed by atoms with Crippen molar-refractivity contribution < 1.29 is 23.1 Å². The van der Waals surface area contributed by atoms with E-state index in [0.717, 1.165) is 6.07 Å². The maximum Gasteiger partial charge on any atom is 0.418 e. The van der Waals surface area contributed by atoms with Crippen molar-refractivity contribution in [2.75, 3.05) is 18.4 Å². The van der Waals surface area contributed by atoms with Crippen LogP contribution in [0.25, 0.3) is 0 Å². The van der Waals surface area contributed by atoms with Gasteiger partial charge >= 0.3 is 12.2 Å². The lowest BCUT2D eigenvalue weighted by molar-refractivity contribution is -0.136. The summed E-state index contributed by atoms with van der Waals surface area (Å²) in [6, 6.07) is 4.12. The summed E-state index contributed by atoms with van der Waals surface area (Å²) in [4.78, 5) is 12.9. The van der Waals surface area contributed by atoms with E-state index in [1.54, 1.807) is 6.92 Å². The molecular weight excluding hydrogens is 261 g/mol. The normalized spacial score (nSPS) is 17.8. The number of carbonyl (C=O) groups excluding carboxylic acids is 1. The number of nitrogens with zero attached hydrogens (tertiary/aromatic N) is 1. The number of halogens is 3. The molecule has 1 aromatic carbocycles. The van der Waals surface area contributed by atoms with Crippen molar-refractivity contribution in [2.24, 2.45) is 0 Å². The Morgan fingerprint density at radius 1 is 1.37 bits per heavy atom. The van der Waals surface area contributed by atoms with Gasteiger partial charge in [-0.3, -0.25) is 0 Å². The first-order valence-electron chi connectivity index (χ1n) is 5.64. The minimum Gasteiger partial charge on any atom is -0.386 e. The van der Waals surface area contributed by atoms with E-state index in [-0.39, 0.29) is 18.8 Å². The van der Waals surface area contributed by atoms with Crippen molar-refractivity contribution in [1.29, 1.82) is 0 Å². The standard InChI is InChI=1S/C12H13F3N2O2/c1-11(19)6-17(7-11)10(18)16-9-5-3-2-4-8(9)12(13,14)15/h2-5,19H,6-7H2,1H3,(H,16,18). The lowest BCUT2D eigenvalue weighted by atomic mass is 9.98. The van der Waals surface area contributed by atoms with Crippen LogP contribution < -0.4 is 5.32 Å². The fourth-order valence-electron chi connectivity index (χ4n) is 1.95. The van der Waals surface area contributed by atoms with Crippen molar-refractivity contribution in [3.05, 3.63) is 29.8 Å². The van der Waals surface area contributed by atoms with Crippen LogP contribution in [0.2, 0.25) is 0 Å². The zero-order valence-electron chi connectivity index (χ0n) is 10.2. The Bertz CT molecular complexity index is 492. The largest absolute Gasteiger partial charge is 0.418 e. The highest BCUT2D eigenvalue weighted by molar-refractivity contribution is 5.91. The zero-order chi connectivity index (χ0) is 14.3. The van der Waals surface area contributed by atoms with E-state index in [2.05, 4.69) is 5.32 Å². The number of nitrogens with one attached hydrogen (secondary N) is 1. The second-order valence-electron chi connectivity index (χ2n) is 4.83. The number of β-amino-alcohol motifs (C(OH)–C–C–N with tert-alkyl or cyclic N) is 1. The van der Waals surface area contributed by atoms with Crippen LogP contribution in [-0.4, -0.2) is 34.7 Å². The van der Waals surface area contributed by atoms with Crippen LogP contribution in [0, 0.1) is 0 Å². The number of aliphatic hydroxyl groups is 1. The fraction of sp³-hybridized carbons (Fsp3) is 0.417. The molecule has 7 heteroatoms. The Morgan fingerprint density at radius 3 is 2.47 bits per heavy atom. The smallest absolute Gasteiger partial charge is 0.386 e. The van der Waals surface area contributed by atoms with Gasteiger partial charge in [0.25, 0.3) is 0 Å². The molecule has 0 saturated carbocycles. The van der Waals surface area contributed by atoms with Crippen molar-refractivity contribution in [2.45, 2.75) is 18.7 Å². The molecule has 0 unspecified atom stereocenters. The van der Waals surface area contributed by atoms with Gasteiger partial charge in [-0.2, -0.15) is 13.2 Å². The summed E-state index contributed by atoms with van der Waals surface area (Å²) in [5.41, 5.74) is -2.14. The summed E-state index contributed by atoms with van der Waals surface area (Å²) in [6.07, 6.45) is -4.52. The van der Waals surface area contributed by atoms with Crippen molar-refractivity contribution in [3.8, 4) is 0 Å². The number of para-hydroxylation sites is 1. The van der Waals surface area contributed by atoms with E-state index < -0.39 is 23.4 Å². The van der Waals surface area contributed by atoms with E-state index in [9.17, 15) is 23.1 Å². The highest BCUT2D eigenvalue weighted by Crippen LogP contribution is 2.34. The molecule has 1 aliphatic heterocycles. The average Bonchev–Trinajstić information content (AvgIpc) is 2.25. The molecule has 2 N–H and O–H groups in total. The average molecular weight is 274 g/mol. The number of hydrogen-bond donors (Lipinski definition) is 2. The summed E-state index contributed by atoms with van der Waals surface area (Å²) in [5, 5.41) is 11.7. The Hall–Kier alpha value is -1.76. The molecule has 1 aliphatic rings. The first-order chi connectivity index (χ1) is 8.69. The summed E-state index contributed by atoms with van der Waals surface area (Å²) in [5.74, 6) is 0. The van der Waals surface area contributed by atoms with Crippen LogP contribution in [0.15, 0.2) is 24.3 Å². The number of amides is 2. The molecule has 4 nitrogen and oxygen atoms in total. The van der Waals surface area contributed by atoms with Gasteiger partial charge in [0.2, 0.25) is 0 Å². The van der Waals surface area contributed by atoms with Gasteiger partial charge in [-0.15, -0.1) is 0 Å². The quantitative estimate of drug-likeness (QED) is 0.825. The Balaban J connectivity index is 2.10. The summed E-state index contributed by atoms with van der Waals surface area (Å²) < 4.78 is 38.1. The molecule has 2 rings (SSSR count). The SMILES string of the molecule is CC1(O)CN(C(=O)Nc2ccccc2C(F)(F)F)C1. The third kappa shape index (κ3) is 2.98. The Morgan fingerprint density at radius 2 is 1.95 bits per heavy atom. The fourth-order valence-corrected chi connectivity index (χ4v) is 1.95. The van der Waals surface area contributed by atoms with Crippen molar-refractivity contribution in [1.82, 2.24) is 4.90 Å². The van der Waals surface area contributed by atoms with Crippen LogP contribution in [-0.2, 0) is 6.18 Å². The molecule has 2 amide bonds. The van der Waals surface area contributed by atoms with Gasteiger partial charge in [0.15, 0.2) is 0 Å². The van der Waals surface area contributed by atoms with E-state index in [4.69, 9.17) is 0 Å². The molecule has 1 fully saturated rings. The van der Waals surface area contributed by atoms with Gasteiger partial charge in [-0.1, -0.05) is 12.1 Å². The van der Waals surface area contributed by atoms with Crippen LogP contribution in [0.3, 0.4) is 0 Å². The Labute approximate surface area is 107 Å². The highest BCUT2D eigenvalue weighted by atomic mass is 19.4. The lowest BCUT2D eigenvalue weighted by Crippen LogP contribution is -2.62. The van der Waals surface area contributed by atoms with Crippen molar-refractivity contribution in [3.63, 3.8) is 0 Å². The molecule has 0 radical (unpaired) electrons. The molecule has 0 spiro atoms. The first kappa shape index (κ1) is 13.7. The van der Waals surface area contributed by atoms with Gasteiger partial charge in [0.05, 0.1) is 29.9 Å². The molecule has 104 valence electrons. The minimum absolute atomic E-state index is 0.104. The third-order valence-corrected chi connectivity index (χ3v) is 2.82. The van der Waals surface area contributed by atoms with E-state index >= 15 is 0 Å². The number of benzene rings is 1. The van der Waals surface area contributed by atoms with Crippen LogP contribution >= 0.6 is 0 Å².